The Bertz CT molecular complexity index is 5710. The third kappa shape index (κ3) is 21.9. The number of amides is 6. The van der Waals surface area contributed by atoms with Crippen molar-refractivity contribution in [3.63, 3.8) is 0 Å². The van der Waals surface area contributed by atoms with Crippen molar-refractivity contribution in [3.8, 4) is 6.07 Å². The molecule has 692 valence electrons. The SMILES string of the molecule is C=C(N1[C@@H]2CC[C@H]1CC(O)C2)C(F)(F)c1cc(C(=O)Nc2cc(F)c(F)c(F)c2)ccc1F.C=C(N1[C@@H]2CC[C@H]1CC(O)C2)C(F)(F)c1cc(C(=O)Nc2ccc(F)c(Br)c2)ccc1F.CC1(F)CN(C(=O)C(F)(F)c2cc(C(=O)Nc3ccc(F)c(C#N)c3)ccc2F)CCC1O.CCC1(O)CCN(C(=O)C(F)(F)c2cc(C(=O)Nc3ccc(F)c(Br)c3)ccc2F)CC1. The standard InChI is InChI=1S/C23H21BrF4N2O2.C23H20F6N2O2.C22H21BrF4N2O3.C22H18F5N3O3/c1-12(30-15-4-5-16(30)11-17(31)10-15)23(27,28)18-8-13(2-6-20(18)25)22(32)29-14-3-7-21(26)19(24)9-14;1-11(31-14-3-4-15(31)10-16(32)9-14)23(28,29)17-6-12(2-5-18(17)24)22(33)30-13-7-19(25)21(27)20(26)8-13;1-2-21(32)7-9-29(10-8-21)20(31)22(26,27)15-11-13(3-5-17(15)24)19(30)28-14-4-6-18(25)16(23)12-14;1-21(25)11-30(7-6-18(21)31)20(33)22(26,27)15-9-12(2-4-17(15)24)19(32)29-14-3-5-16(23)13(8-14)10-28/h2-3,6-9,15-17,31H,1,4-5,10-11H2,(H,29,32);2,5-8,14-16,32H,1,3-4,9-10H2,(H,30,33);3-6,11-12,32H,2,7-10H2,1H3,(H,28,30);2-5,8-9,18,31H,6-7,11H2,1H3,(H,29,32)/t15-,16+,17?;14-,15+,16?;;. The predicted octanol–water partition coefficient (Wildman–Crippen LogP) is 19.0. The highest BCUT2D eigenvalue weighted by Gasteiger charge is 2.54. The zero-order valence-electron chi connectivity index (χ0n) is 68.5. The molecule has 8 aromatic rings. The Morgan fingerprint density at radius 2 is 0.754 bits per heavy atom. The summed E-state index contributed by atoms with van der Waals surface area (Å²) in [6.45, 7) is 8.49. The van der Waals surface area contributed by atoms with Crippen molar-refractivity contribution in [2.45, 2.75) is 168 Å². The lowest BCUT2D eigenvalue weighted by Gasteiger charge is -2.42. The van der Waals surface area contributed by atoms with Gasteiger partial charge >= 0.3 is 23.7 Å². The van der Waals surface area contributed by atoms with Gasteiger partial charge in [-0.25, -0.2) is 48.3 Å². The van der Waals surface area contributed by atoms with E-state index in [0.29, 0.717) is 111 Å². The number of benzene rings is 8. The third-order valence-electron chi connectivity index (χ3n) is 23.3. The predicted molar refractivity (Wildman–Crippen MR) is 442 cm³/mol. The number of halogens is 21. The van der Waals surface area contributed by atoms with Gasteiger partial charge in [-0.15, -0.1) is 0 Å². The molecule has 0 aliphatic carbocycles. The number of carbonyl (C=O) groups is 6. The quantitative estimate of drug-likeness (QED) is 0.0277. The number of nitriles is 1. The molecule has 19 nitrogen and oxygen atoms in total. The van der Waals surface area contributed by atoms with Crippen molar-refractivity contribution in [1.82, 2.24) is 19.6 Å². The van der Waals surface area contributed by atoms with E-state index in [1.807, 2.05) is 0 Å². The number of aliphatic hydroxyl groups is 4. The summed E-state index contributed by atoms with van der Waals surface area (Å²) in [5.41, 5.74) is -10.8. The van der Waals surface area contributed by atoms with Crippen LogP contribution in [0.2, 0.25) is 0 Å². The second kappa shape index (κ2) is 39.7. The van der Waals surface area contributed by atoms with Gasteiger partial charge in [0.05, 0.1) is 78.6 Å². The topological polar surface area (TPSA) is 268 Å². The van der Waals surface area contributed by atoms with Crippen molar-refractivity contribution < 1.29 is 133 Å². The maximum atomic E-state index is 15.4. The minimum Gasteiger partial charge on any atom is -0.393 e. The van der Waals surface area contributed by atoms with Crippen LogP contribution in [0.5, 0.6) is 0 Å². The van der Waals surface area contributed by atoms with E-state index in [4.69, 9.17) is 5.26 Å². The normalized spacial score (nSPS) is 20.5. The molecule has 40 heteroatoms. The first-order chi connectivity index (χ1) is 60.9. The zero-order valence-corrected chi connectivity index (χ0v) is 71.6. The Kier molecular flexibility index (Phi) is 30.3. The Labute approximate surface area is 746 Å². The van der Waals surface area contributed by atoms with Crippen LogP contribution in [0.1, 0.15) is 160 Å². The molecule has 8 atom stereocenters. The van der Waals surface area contributed by atoms with Crippen LogP contribution in [-0.2, 0) is 33.3 Å². The van der Waals surface area contributed by atoms with Gasteiger partial charge in [0.15, 0.2) is 23.1 Å². The molecule has 6 amide bonds. The fraction of sp³-hybridized carbons (Fsp3) is 0.344. The van der Waals surface area contributed by atoms with Gasteiger partial charge in [-0.2, -0.15) is 40.4 Å². The monoisotopic (exact) mass is 1970 g/mol. The van der Waals surface area contributed by atoms with Crippen LogP contribution < -0.4 is 21.3 Å². The van der Waals surface area contributed by atoms with E-state index < -0.39 is 204 Å². The first kappa shape index (κ1) is 99.2. The fourth-order valence-corrected chi connectivity index (χ4v) is 16.9. The number of hydrogen-bond donors (Lipinski definition) is 8. The molecule has 4 unspecified atom stereocenters. The number of piperidine rings is 4. The Hall–Kier alpha value is -11.4. The summed E-state index contributed by atoms with van der Waals surface area (Å²) >= 11 is 5.98. The van der Waals surface area contributed by atoms with Crippen LogP contribution in [0, 0.1) is 69.5 Å². The number of alkyl halides is 9. The summed E-state index contributed by atoms with van der Waals surface area (Å²) in [6.07, 6.45) is 1.74. The number of aliphatic hydroxyl groups excluding tert-OH is 3. The number of nitrogens with one attached hydrogen (secondary N) is 4. The molecule has 0 spiro atoms. The van der Waals surface area contributed by atoms with Crippen LogP contribution in [0.25, 0.3) is 0 Å². The molecular formula is C90H80Br2F19N9O10. The molecule has 8 N–H and O–H groups in total. The van der Waals surface area contributed by atoms with E-state index in [1.54, 1.807) is 13.0 Å². The minimum atomic E-state index is -4.43. The van der Waals surface area contributed by atoms with Crippen LogP contribution in [-0.4, -0.2) is 155 Å². The highest BCUT2D eigenvalue weighted by atomic mass is 79.9. The molecule has 0 saturated carbocycles. The third-order valence-corrected chi connectivity index (χ3v) is 24.5. The largest absolute Gasteiger partial charge is 0.393 e. The maximum Gasteiger partial charge on any atom is 0.352 e. The van der Waals surface area contributed by atoms with Crippen molar-refractivity contribution in [3.05, 3.63) is 281 Å². The number of likely N-dealkylation sites (tertiary alicyclic amines) is 2. The van der Waals surface area contributed by atoms with Gasteiger partial charge in [-0.1, -0.05) is 20.1 Å². The number of fused-ring (bicyclic) bond motifs is 4. The molecule has 0 aromatic heterocycles. The number of hydrogen-bond acceptors (Lipinski definition) is 13. The smallest absolute Gasteiger partial charge is 0.352 e. The van der Waals surface area contributed by atoms with E-state index >= 15 is 17.6 Å². The van der Waals surface area contributed by atoms with E-state index in [1.165, 1.54) is 34.1 Å². The van der Waals surface area contributed by atoms with Gasteiger partial charge in [-0.3, -0.25) is 28.8 Å². The molecular weight excluding hydrogens is 1890 g/mol. The number of anilines is 4. The molecule has 6 fully saturated rings. The average molecular weight is 1970 g/mol. The first-order valence-corrected chi connectivity index (χ1v) is 41.7. The minimum absolute atomic E-state index is 0.0132. The van der Waals surface area contributed by atoms with Crippen LogP contribution in [0.4, 0.5) is 106 Å². The first-order valence-electron chi connectivity index (χ1n) is 40.1. The number of allylic oxidation sites excluding steroid dienone is 2. The molecule has 6 saturated heterocycles. The second-order valence-electron chi connectivity index (χ2n) is 32.1. The molecule has 6 heterocycles. The number of rotatable bonds is 19. The van der Waals surface area contributed by atoms with Gasteiger partial charge in [0.2, 0.25) is 0 Å². The van der Waals surface area contributed by atoms with E-state index in [-0.39, 0.29) is 106 Å². The van der Waals surface area contributed by atoms with Gasteiger partial charge in [-0.05, 0) is 243 Å². The molecule has 8 aromatic carbocycles. The number of carbonyl (C=O) groups excluding carboxylic acids is 6. The molecule has 4 bridgehead atoms. The van der Waals surface area contributed by atoms with E-state index in [2.05, 4.69) is 66.3 Å². The van der Waals surface area contributed by atoms with Gasteiger partial charge in [0.25, 0.3) is 35.4 Å². The fourth-order valence-electron chi connectivity index (χ4n) is 16.1. The van der Waals surface area contributed by atoms with Crippen molar-refractivity contribution in [2.24, 2.45) is 0 Å². The molecule has 130 heavy (non-hydrogen) atoms. The maximum absolute atomic E-state index is 15.4. The molecule has 6 aliphatic rings. The highest BCUT2D eigenvalue weighted by Crippen LogP contribution is 2.50. The van der Waals surface area contributed by atoms with Crippen LogP contribution >= 0.6 is 31.9 Å². The molecule has 6 aliphatic heterocycles. The van der Waals surface area contributed by atoms with Gasteiger partial charge < -0.3 is 61.3 Å². The highest BCUT2D eigenvalue weighted by molar-refractivity contribution is 9.10. The Morgan fingerprint density at radius 3 is 1.08 bits per heavy atom. The lowest BCUT2D eigenvalue weighted by molar-refractivity contribution is -0.167. The summed E-state index contributed by atoms with van der Waals surface area (Å²) in [4.78, 5) is 79.2. The Morgan fingerprint density at radius 1 is 0.438 bits per heavy atom. The van der Waals surface area contributed by atoms with Crippen LogP contribution in [0.15, 0.2) is 173 Å². The molecule has 14 rings (SSSR count). The van der Waals surface area contributed by atoms with E-state index in [9.17, 15) is 115 Å². The number of nitrogens with zero attached hydrogens (tertiary/aromatic N) is 5. The molecule has 0 radical (unpaired) electrons. The van der Waals surface area contributed by atoms with Crippen molar-refractivity contribution in [1.29, 1.82) is 5.26 Å². The van der Waals surface area contributed by atoms with Crippen molar-refractivity contribution in [2.75, 3.05) is 47.4 Å². The van der Waals surface area contributed by atoms with Crippen molar-refractivity contribution >= 4 is 90.1 Å². The second-order valence-corrected chi connectivity index (χ2v) is 33.8. The summed E-state index contributed by atoms with van der Waals surface area (Å²) in [7, 11) is 0. The van der Waals surface area contributed by atoms with Gasteiger partial charge in [0, 0.05) is 101 Å². The van der Waals surface area contributed by atoms with Gasteiger partial charge in [0.1, 0.15) is 46.8 Å². The summed E-state index contributed by atoms with van der Waals surface area (Å²) in [5.74, 6) is -35.2. The van der Waals surface area contributed by atoms with E-state index in [0.717, 1.165) is 78.6 Å². The lowest BCUT2D eigenvalue weighted by Crippen LogP contribution is -2.56. The van der Waals surface area contributed by atoms with Crippen LogP contribution in [0.3, 0.4) is 0 Å². The Balaban J connectivity index is 0.000000168. The summed E-state index contributed by atoms with van der Waals surface area (Å²) in [5, 5.41) is 57.8. The summed E-state index contributed by atoms with van der Waals surface area (Å²) in [6, 6.07) is 21.2. The average Bonchev–Trinajstić information content (AvgIpc) is 1.55. The zero-order chi connectivity index (χ0) is 95.5. The summed E-state index contributed by atoms with van der Waals surface area (Å²) < 4.78 is 273. The lowest BCUT2D eigenvalue weighted by atomic mass is 9.88.